The van der Waals surface area contributed by atoms with Gasteiger partial charge in [-0.25, -0.2) is 0 Å². The highest BCUT2D eigenvalue weighted by Crippen LogP contribution is 2.39. The molecule has 0 aromatic carbocycles. The first kappa shape index (κ1) is 17.2. The van der Waals surface area contributed by atoms with Crippen LogP contribution in [0.1, 0.15) is 65.2 Å². The van der Waals surface area contributed by atoms with Crippen molar-refractivity contribution < 1.29 is 4.74 Å². The summed E-state index contributed by atoms with van der Waals surface area (Å²) in [5.41, 5.74) is 0.900. The first-order valence-corrected chi connectivity index (χ1v) is 9.03. The minimum atomic E-state index is 0.409. The van der Waals surface area contributed by atoms with Gasteiger partial charge in [0.15, 0.2) is 0 Å². The summed E-state index contributed by atoms with van der Waals surface area (Å²) in [5, 5.41) is 3.67. The lowest BCUT2D eigenvalue weighted by atomic mass is 9.79. The summed E-state index contributed by atoms with van der Waals surface area (Å²) >= 11 is 0. The van der Waals surface area contributed by atoms with Crippen molar-refractivity contribution in [3.8, 4) is 0 Å². The Labute approximate surface area is 131 Å². The molecule has 2 aliphatic rings. The van der Waals surface area contributed by atoms with Gasteiger partial charge in [-0.2, -0.15) is 0 Å². The molecule has 0 aromatic heterocycles. The topological polar surface area (TPSA) is 24.5 Å². The van der Waals surface area contributed by atoms with Crippen LogP contribution in [0.15, 0.2) is 0 Å². The molecule has 1 aliphatic heterocycles. The molecule has 0 radical (unpaired) electrons. The summed E-state index contributed by atoms with van der Waals surface area (Å²) < 4.78 is 5.18. The Kier molecular flexibility index (Phi) is 6.51. The van der Waals surface area contributed by atoms with E-state index in [1.807, 2.05) is 0 Å². The minimum Gasteiger partial charge on any atom is -0.383 e. The normalized spacial score (nSPS) is 25.9. The molecule has 21 heavy (non-hydrogen) atoms. The molecule has 2 fully saturated rings. The van der Waals surface area contributed by atoms with Crippen molar-refractivity contribution in [2.45, 2.75) is 70.8 Å². The summed E-state index contributed by atoms with van der Waals surface area (Å²) in [5.74, 6) is 0. The number of hydrogen-bond acceptors (Lipinski definition) is 3. The molecular formula is C18H36N2O. The zero-order valence-corrected chi connectivity index (χ0v) is 14.5. The van der Waals surface area contributed by atoms with Gasteiger partial charge < -0.3 is 10.1 Å². The van der Waals surface area contributed by atoms with Crippen molar-refractivity contribution in [1.29, 1.82) is 0 Å². The third kappa shape index (κ3) is 4.94. The molecule has 0 unspecified atom stereocenters. The molecule has 0 bridgehead atoms. The maximum absolute atomic E-state index is 5.18. The van der Waals surface area contributed by atoms with E-state index in [9.17, 15) is 0 Å². The van der Waals surface area contributed by atoms with Crippen molar-refractivity contribution in [3.63, 3.8) is 0 Å². The molecule has 1 saturated heterocycles. The van der Waals surface area contributed by atoms with Gasteiger partial charge in [0.05, 0.1) is 6.61 Å². The summed E-state index contributed by atoms with van der Waals surface area (Å²) in [6.07, 6.45) is 11.2. The van der Waals surface area contributed by atoms with E-state index >= 15 is 0 Å². The van der Waals surface area contributed by atoms with Crippen molar-refractivity contribution >= 4 is 0 Å². The largest absolute Gasteiger partial charge is 0.383 e. The predicted octanol–water partition coefficient (Wildman–Crippen LogP) is 3.44. The third-order valence-electron chi connectivity index (χ3n) is 5.75. The Hall–Kier alpha value is -0.120. The van der Waals surface area contributed by atoms with E-state index in [2.05, 4.69) is 24.1 Å². The monoisotopic (exact) mass is 296 g/mol. The van der Waals surface area contributed by atoms with Gasteiger partial charge >= 0.3 is 0 Å². The highest BCUT2D eigenvalue weighted by Gasteiger charge is 2.39. The predicted molar refractivity (Wildman–Crippen MR) is 89.8 cm³/mol. The standard InChI is InChI=1S/C18H36N2O/c1-17(2)9-8-13-20(17)16-18(15-19-12-14-21-3)10-6-4-5-7-11-18/h19H,4-16H2,1-3H3. The van der Waals surface area contributed by atoms with Gasteiger partial charge in [-0.1, -0.05) is 25.7 Å². The molecule has 1 N–H and O–H groups in total. The van der Waals surface area contributed by atoms with E-state index < -0.39 is 0 Å². The lowest BCUT2D eigenvalue weighted by molar-refractivity contribution is 0.0796. The molecule has 1 saturated carbocycles. The summed E-state index contributed by atoms with van der Waals surface area (Å²) in [4.78, 5) is 2.77. The zero-order chi connectivity index (χ0) is 15.2. The van der Waals surface area contributed by atoms with Gasteiger partial charge in [0.1, 0.15) is 0 Å². The van der Waals surface area contributed by atoms with E-state index in [0.717, 1.165) is 13.2 Å². The van der Waals surface area contributed by atoms with Gasteiger partial charge in [-0.05, 0) is 51.5 Å². The number of hydrogen-bond donors (Lipinski definition) is 1. The summed E-state index contributed by atoms with van der Waals surface area (Å²) in [6, 6.07) is 0. The van der Waals surface area contributed by atoms with E-state index in [1.54, 1.807) is 7.11 Å². The second kappa shape index (κ2) is 7.94. The van der Waals surface area contributed by atoms with Crippen LogP contribution in [-0.2, 0) is 4.74 Å². The van der Waals surface area contributed by atoms with Crippen molar-refractivity contribution in [2.75, 3.05) is 39.9 Å². The summed E-state index contributed by atoms with van der Waals surface area (Å²) in [6.45, 7) is 10.4. The Balaban J connectivity index is 1.96. The lowest BCUT2D eigenvalue weighted by Crippen LogP contribution is -2.49. The number of methoxy groups -OCH3 is 1. The first-order valence-electron chi connectivity index (χ1n) is 9.03. The number of rotatable bonds is 7. The molecule has 1 aliphatic carbocycles. The Bertz CT molecular complexity index is 296. The fourth-order valence-electron chi connectivity index (χ4n) is 4.26. The molecular weight excluding hydrogens is 260 g/mol. The third-order valence-corrected chi connectivity index (χ3v) is 5.75. The lowest BCUT2D eigenvalue weighted by Gasteiger charge is -2.42. The highest BCUT2D eigenvalue weighted by molar-refractivity contribution is 4.94. The molecule has 0 atom stereocenters. The van der Waals surface area contributed by atoms with Crippen molar-refractivity contribution in [3.05, 3.63) is 0 Å². The number of likely N-dealkylation sites (tertiary alicyclic amines) is 1. The Morgan fingerprint density at radius 2 is 1.71 bits per heavy atom. The van der Waals surface area contributed by atoms with Gasteiger partial charge in [0.25, 0.3) is 0 Å². The van der Waals surface area contributed by atoms with Gasteiger partial charge in [0, 0.05) is 32.3 Å². The average Bonchev–Trinajstić information content (AvgIpc) is 2.66. The van der Waals surface area contributed by atoms with Crippen LogP contribution in [0.25, 0.3) is 0 Å². The molecule has 0 amide bonds. The van der Waals surface area contributed by atoms with Crippen LogP contribution in [0.2, 0.25) is 0 Å². The maximum atomic E-state index is 5.18. The molecule has 3 heteroatoms. The smallest absolute Gasteiger partial charge is 0.0587 e. The van der Waals surface area contributed by atoms with Crippen LogP contribution in [0.3, 0.4) is 0 Å². The molecule has 124 valence electrons. The fourth-order valence-corrected chi connectivity index (χ4v) is 4.26. The molecule has 0 aromatic rings. The number of nitrogens with zero attached hydrogens (tertiary/aromatic N) is 1. The van der Waals surface area contributed by atoms with Crippen LogP contribution < -0.4 is 5.32 Å². The molecule has 3 nitrogen and oxygen atoms in total. The highest BCUT2D eigenvalue weighted by atomic mass is 16.5. The SMILES string of the molecule is COCCNCC1(CN2CCCC2(C)C)CCCCCC1. The van der Waals surface area contributed by atoms with Crippen LogP contribution in [0.5, 0.6) is 0 Å². The number of ether oxygens (including phenoxy) is 1. The van der Waals surface area contributed by atoms with Gasteiger partial charge in [-0.15, -0.1) is 0 Å². The molecule has 2 rings (SSSR count). The van der Waals surface area contributed by atoms with Crippen LogP contribution in [0.4, 0.5) is 0 Å². The van der Waals surface area contributed by atoms with Crippen LogP contribution in [0, 0.1) is 5.41 Å². The fraction of sp³-hybridized carbons (Fsp3) is 1.00. The van der Waals surface area contributed by atoms with Crippen molar-refractivity contribution in [1.82, 2.24) is 10.2 Å². The van der Waals surface area contributed by atoms with E-state index in [0.29, 0.717) is 11.0 Å². The second-order valence-corrected chi connectivity index (χ2v) is 7.92. The molecule has 0 spiro atoms. The van der Waals surface area contributed by atoms with E-state index in [1.165, 1.54) is 71.0 Å². The summed E-state index contributed by atoms with van der Waals surface area (Å²) in [7, 11) is 1.79. The minimum absolute atomic E-state index is 0.409. The van der Waals surface area contributed by atoms with Gasteiger partial charge in [0.2, 0.25) is 0 Å². The van der Waals surface area contributed by atoms with E-state index in [4.69, 9.17) is 4.74 Å². The van der Waals surface area contributed by atoms with Crippen LogP contribution in [-0.4, -0.2) is 50.3 Å². The zero-order valence-electron chi connectivity index (χ0n) is 14.5. The number of nitrogens with one attached hydrogen (secondary N) is 1. The Morgan fingerprint density at radius 3 is 2.29 bits per heavy atom. The van der Waals surface area contributed by atoms with Crippen molar-refractivity contribution in [2.24, 2.45) is 5.41 Å². The first-order chi connectivity index (χ1) is 10.1. The van der Waals surface area contributed by atoms with Crippen LogP contribution >= 0.6 is 0 Å². The van der Waals surface area contributed by atoms with Gasteiger partial charge in [-0.3, -0.25) is 4.90 Å². The quantitative estimate of drug-likeness (QED) is 0.575. The Morgan fingerprint density at radius 1 is 1.00 bits per heavy atom. The molecule has 1 heterocycles. The maximum Gasteiger partial charge on any atom is 0.0587 e. The average molecular weight is 296 g/mol. The van der Waals surface area contributed by atoms with E-state index in [-0.39, 0.29) is 0 Å². The second-order valence-electron chi connectivity index (χ2n) is 7.92.